The molecule has 0 aliphatic rings. The Bertz CT molecular complexity index is 1090. The maximum absolute atomic E-state index is 14.6. The number of nitrogens with two attached hydrogens (primary N) is 1. The van der Waals surface area contributed by atoms with Gasteiger partial charge < -0.3 is 11.1 Å². The van der Waals surface area contributed by atoms with E-state index in [4.69, 9.17) is 12.2 Å². The van der Waals surface area contributed by atoms with E-state index in [1.54, 1.807) is 19.9 Å². The molecule has 2 nitrogen and oxygen atoms in total. The number of halogens is 1. The van der Waals surface area contributed by atoms with Crippen LogP contribution in [0.3, 0.4) is 0 Å². The first-order chi connectivity index (χ1) is 16.2. The van der Waals surface area contributed by atoms with Crippen molar-refractivity contribution in [1.82, 2.24) is 5.32 Å². The van der Waals surface area contributed by atoms with Gasteiger partial charge in [0, 0.05) is 17.1 Å². The van der Waals surface area contributed by atoms with E-state index in [9.17, 15) is 4.39 Å². The van der Waals surface area contributed by atoms with Gasteiger partial charge in [0.25, 0.3) is 0 Å². The first kappa shape index (κ1) is 28.5. The second-order valence-corrected chi connectivity index (χ2v) is 8.27. The summed E-state index contributed by atoms with van der Waals surface area (Å²) in [6, 6.07) is 13.6. The number of anilines is 1. The molecule has 0 atom stereocenters. The molecule has 0 aromatic heterocycles. The van der Waals surface area contributed by atoms with E-state index in [2.05, 4.69) is 17.8 Å². The summed E-state index contributed by atoms with van der Waals surface area (Å²) in [6.07, 6.45) is 14.5. The molecule has 0 aliphatic carbocycles. The molecule has 0 heterocycles. The summed E-state index contributed by atoms with van der Waals surface area (Å²) in [7, 11) is 0. The molecule has 2 rings (SSSR count). The highest BCUT2D eigenvalue weighted by Crippen LogP contribution is 2.29. The Balaban J connectivity index is 0.00000281. The van der Waals surface area contributed by atoms with Crippen LogP contribution in [-0.4, -0.2) is 0 Å². The van der Waals surface area contributed by atoms with Gasteiger partial charge in [0.05, 0.1) is 0 Å². The van der Waals surface area contributed by atoms with Crippen molar-refractivity contribution in [1.29, 1.82) is 0 Å². The quantitative estimate of drug-likeness (QED) is 0.227. The van der Waals surface area contributed by atoms with Crippen molar-refractivity contribution in [3.63, 3.8) is 0 Å². The molecular formula is C31H39FN2. The van der Waals surface area contributed by atoms with Crippen molar-refractivity contribution >= 4 is 11.8 Å². The normalized spacial score (nSPS) is 12.1. The summed E-state index contributed by atoms with van der Waals surface area (Å²) < 4.78 is 14.6. The van der Waals surface area contributed by atoms with Gasteiger partial charge in [0.1, 0.15) is 5.67 Å². The maximum Gasteiger partial charge on any atom is 0.130 e. The molecular weight excluding hydrogens is 419 g/mol. The lowest BCUT2D eigenvalue weighted by molar-refractivity contribution is 0.220. The number of benzene rings is 2. The van der Waals surface area contributed by atoms with Gasteiger partial charge in [-0.1, -0.05) is 74.9 Å². The Morgan fingerprint density at radius 2 is 1.88 bits per heavy atom. The average molecular weight is 459 g/mol. The van der Waals surface area contributed by atoms with Crippen LogP contribution < -0.4 is 11.1 Å². The molecule has 2 aromatic carbocycles. The zero-order chi connectivity index (χ0) is 25.7. The highest BCUT2D eigenvalue weighted by atomic mass is 19.1. The molecule has 0 aliphatic heterocycles. The van der Waals surface area contributed by atoms with Gasteiger partial charge in [-0.15, -0.1) is 6.42 Å². The van der Waals surface area contributed by atoms with Gasteiger partial charge in [-0.05, 0) is 86.6 Å². The van der Waals surface area contributed by atoms with Gasteiger partial charge in [0.15, 0.2) is 0 Å². The van der Waals surface area contributed by atoms with E-state index in [1.807, 2.05) is 88.4 Å². The number of rotatable bonds is 9. The number of aryl methyl sites for hydroxylation is 2. The van der Waals surface area contributed by atoms with Gasteiger partial charge in [-0.25, -0.2) is 4.39 Å². The Labute approximate surface area is 206 Å². The molecule has 3 N–H and O–H groups in total. The molecule has 0 spiro atoms. The van der Waals surface area contributed by atoms with Gasteiger partial charge >= 0.3 is 0 Å². The van der Waals surface area contributed by atoms with Crippen molar-refractivity contribution < 1.29 is 4.39 Å². The summed E-state index contributed by atoms with van der Waals surface area (Å²) in [6.45, 7) is 15.2. The number of terminal acetylenes is 1. The van der Waals surface area contributed by atoms with Gasteiger partial charge in [-0.2, -0.15) is 0 Å². The van der Waals surface area contributed by atoms with Gasteiger partial charge in [0.2, 0.25) is 0 Å². The first-order valence-corrected chi connectivity index (χ1v) is 11.7. The van der Waals surface area contributed by atoms with E-state index in [1.165, 1.54) is 0 Å². The number of alkyl halides is 1. The molecule has 0 amide bonds. The van der Waals surface area contributed by atoms with E-state index >= 15 is 0 Å². The van der Waals surface area contributed by atoms with Crippen LogP contribution in [0.2, 0.25) is 0 Å². The molecule has 0 saturated carbocycles. The lowest BCUT2D eigenvalue weighted by Gasteiger charge is -2.20. The molecule has 0 unspecified atom stereocenters. The fourth-order valence-electron chi connectivity index (χ4n) is 3.48. The largest absolute Gasteiger partial charge is 0.398 e. The Hall–Kier alpha value is -3.51. The molecule has 0 bridgehead atoms. The van der Waals surface area contributed by atoms with E-state index in [-0.39, 0.29) is 0 Å². The van der Waals surface area contributed by atoms with Crippen molar-refractivity contribution in [3.05, 3.63) is 106 Å². The van der Waals surface area contributed by atoms with Crippen LogP contribution in [0.25, 0.3) is 6.08 Å². The fraction of sp³-hybridized carbons (Fsp3) is 0.290. The third kappa shape index (κ3) is 8.79. The van der Waals surface area contributed by atoms with E-state index < -0.39 is 5.67 Å². The first-order valence-electron chi connectivity index (χ1n) is 11.7. The Morgan fingerprint density at radius 3 is 2.47 bits per heavy atom. The Kier molecular flexibility index (Phi) is 11.7. The average Bonchev–Trinajstić information content (AvgIpc) is 2.82. The summed E-state index contributed by atoms with van der Waals surface area (Å²) >= 11 is 0. The highest BCUT2D eigenvalue weighted by molar-refractivity contribution is 5.60. The molecule has 34 heavy (non-hydrogen) atoms. The lowest BCUT2D eigenvalue weighted by Crippen LogP contribution is -2.15. The van der Waals surface area contributed by atoms with E-state index in [0.29, 0.717) is 18.4 Å². The van der Waals surface area contributed by atoms with Crippen molar-refractivity contribution in [2.24, 2.45) is 0 Å². The number of hydrogen-bond donors (Lipinski definition) is 2. The minimum absolute atomic E-state index is 0.676. The van der Waals surface area contributed by atoms with Crippen LogP contribution in [0.5, 0.6) is 0 Å². The molecule has 3 heteroatoms. The zero-order valence-corrected chi connectivity index (χ0v) is 21.5. The van der Waals surface area contributed by atoms with Crippen LogP contribution >= 0.6 is 0 Å². The minimum Gasteiger partial charge on any atom is -0.398 e. The highest BCUT2D eigenvalue weighted by Gasteiger charge is 2.22. The van der Waals surface area contributed by atoms with Crippen molar-refractivity contribution in [3.8, 4) is 12.3 Å². The van der Waals surface area contributed by atoms with Crippen molar-refractivity contribution in [2.45, 2.75) is 60.1 Å². The third-order valence-corrected chi connectivity index (χ3v) is 5.29. The van der Waals surface area contributed by atoms with E-state index in [0.717, 1.165) is 39.3 Å². The zero-order valence-electron chi connectivity index (χ0n) is 21.5. The Morgan fingerprint density at radius 1 is 1.21 bits per heavy atom. The molecule has 2 aromatic rings. The molecule has 0 saturated heterocycles. The van der Waals surface area contributed by atoms with Crippen LogP contribution in [0.1, 0.15) is 63.3 Å². The SMILES string of the molecule is C#C/C=C(CCc1ccccc1C(C)(C)F)\C(=C/C)NC(=C)/C=C/c1ccc(C)c(N)c1.CC. The lowest BCUT2D eigenvalue weighted by atomic mass is 9.91. The number of hydrogen-bond acceptors (Lipinski definition) is 2. The summed E-state index contributed by atoms with van der Waals surface area (Å²) in [5.41, 5.74) is 11.7. The fourth-order valence-corrected chi connectivity index (χ4v) is 3.48. The topological polar surface area (TPSA) is 38.0 Å². The van der Waals surface area contributed by atoms with Crippen molar-refractivity contribution in [2.75, 3.05) is 5.73 Å². The number of nitrogen functional groups attached to an aromatic ring is 1. The maximum atomic E-state index is 14.6. The van der Waals surface area contributed by atoms with Crippen LogP contribution in [0.4, 0.5) is 10.1 Å². The molecule has 180 valence electrons. The number of nitrogens with one attached hydrogen (secondary N) is 1. The van der Waals surface area contributed by atoms with Crippen LogP contribution in [0, 0.1) is 19.3 Å². The third-order valence-electron chi connectivity index (χ3n) is 5.29. The van der Waals surface area contributed by atoms with Crippen LogP contribution in [0.15, 0.2) is 84.2 Å². The van der Waals surface area contributed by atoms with Gasteiger partial charge in [-0.3, -0.25) is 0 Å². The summed E-state index contributed by atoms with van der Waals surface area (Å²) in [5.74, 6) is 2.63. The smallest absolute Gasteiger partial charge is 0.130 e. The standard InChI is InChI=1S/C29H33FN2.C2H6/c1-7-11-25(19-18-24-12-9-10-13-26(24)29(5,6)30)28(8-2)32-22(4)15-17-23-16-14-21(3)27(31)20-23;1-2/h1,8-17,20,32H,4,18-19,31H2,2-3,5-6H3;1-2H3/b17-15+,25-11-,28-8+;. The monoisotopic (exact) mass is 458 g/mol. The second-order valence-electron chi connectivity index (χ2n) is 8.27. The second kappa shape index (κ2) is 13.9. The predicted octanol–water partition coefficient (Wildman–Crippen LogP) is 8.02. The summed E-state index contributed by atoms with van der Waals surface area (Å²) in [4.78, 5) is 0. The molecule has 0 fully saturated rings. The minimum atomic E-state index is -1.40. The predicted molar refractivity (Wildman–Crippen MR) is 148 cm³/mol. The number of allylic oxidation sites excluding steroid dienone is 4. The molecule has 0 radical (unpaired) electrons. The summed E-state index contributed by atoms with van der Waals surface area (Å²) in [5, 5.41) is 3.34. The van der Waals surface area contributed by atoms with Crippen LogP contribution in [-0.2, 0) is 12.1 Å².